The number of aryl methyl sites for hydroxylation is 1. The molecule has 3 aromatic heterocycles. The Morgan fingerprint density at radius 2 is 1.69 bits per heavy atom. The lowest BCUT2D eigenvalue weighted by molar-refractivity contribution is -0.138. The monoisotopic (exact) mass is 502 g/mol. The maximum Gasteiger partial charge on any atom is 0.390 e. The summed E-state index contributed by atoms with van der Waals surface area (Å²) in [5.41, 5.74) is 3.49. The van der Waals surface area contributed by atoms with Crippen LogP contribution in [0.5, 0.6) is 0 Å². The number of halogens is 4. The van der Waals surface area contributed by atoms with Crippen molar-refractivity contribution in [2.75, 3.05) is 50.0 Å². The summed E-state index contributed by atoms with van der Waals surface area (Å²) in [6, 6.07) is 9.86. The molecule has 1 fully saturated rings. The van der Waals surface area contributed by atoms with E-state index in [1.165, 1.54) is 12.1 Å². The number of aromatic nitrogens is 5. The van der Waals surface area contributed by atoms with Gasteiger partial charge >= 0.3 is 6.18 Å². The van der Waals surface area contributed by atoms with Crippen LogP contribution < -0.4 is 10.2 Å². The molecule has 4 heterocycles. The number of anilines is 2. The van der Waals surface area contributed by atoms with E-state index in [9.17, 15) is 17.6 Å². The number of benzene rings is 1. The molecule has 1 saturated heterocycles. The summed E-state index contributed by atoms with van der Waals surface area (Å²) in [5.74, 6) is 1.15. The quantitative estimate of drug-likeness (QED) is 0.402. The third kappa shape index (κ3) is 4.85. The van der Waals surface area contributed by atoms with E-state index in [1.54, 1.807) is 34.6 Å². The Kier molecular flexibility index (Phi) is 6.29. The fourth-order valence-corrected chi connectivity index (χ4v) is 4.53. The third-order valence-electron chi connectivity index (χ3n) is 6.35. The average molecular weight is 503 g/mol. The van der Waals surface area contributed by atoms with E-state index < -0.39 is 12.6 Å². The first kappa shape index (κ1) is 24.0. The van der Waals surface area contributed by atoms with E-state index in [-0.39, 0.29) is 12.4 Å². The van der Waals surface area contributed by atoms with Gasteiger partial charge in [-0.1, -0.05) is 0 Å². The van der Waals surface area contributed by atoms with Crippen molar-refractivity contribution < 1.29 is 17.6 Å². The van der Waals surface area contributed by atoms with Gasteiger partial charge in [0.1, 0.15) is 23.1 Å². The van der Waals surface area contributed by atoms with Crippen molar-refractivity contribution in [3.8, 4) is 22.5 Å². The molecule has 4 aromatic rings. The molecule has 12 heteroatoms. The van der Waals surface area contributed by atoms with Gasteiger partial charge in [0.2, 0.25) is 0 Å². The molecule has 0 unspecified atom stereocenters. The van der Waals surface area contributed by atoms with Crippen LogP contribution in [0.4, 0.5) is 29.2 Å². The van der Waals surface area contributed by atoms with E-state index in [0.29, 0.717) is 49.0 Å². The maximum atomic E-state index is 13.6. The van der Waals surface area contributed by atoms with Crippen molar-refractivity contribution in [2.45, 2.75) is 12.6 Å². The summed E-state index contributed by atoms with van der Waals surface area (Å²) in [6.07, 6.45) is -3.20. The number of fused-ring (bicyclic) bond motifs is 1. The van der Waals surface area contributed by atoms with Crippen molar-refractivity contribution in [1.29, 1.82) is 0 Å². The minimum atomic E-state index is -4.17. The summed E-state index contributed by atoms with van der Waals surface area (Å²) in [4.78, 5) is 8.40. The smallest absolute Gasteiger partial charge is 0.372 e. The van der Waals surface area contributed by atoms with E-state index in [1.807, 2.05) is 24.1 Å². The minimum Gasteiger partial charge on any atom is -0.372 e. The van der Waals surface area contributed by atoms with Crippen molar-refractivity contribution >= 4 is 17.3 Å². The van der Waals surface area contributed by atoms with Gasteiger partial charge in [-0.25, -0.2) is 13.9 Å². The zero-order valence-electron chi connectivity index (χ0n) is 19.9. The molecule has 0 aliphatic carbocycles. The van der Waals surface area contributed by atoms with Gasteiger partial charge in [0.05, 0.1) is 23.9 Å². The molecular weight excluding hydrogens is 476 g/mol. The summed E-state index contributed by atoms with van der Waals surface area (Å²) in [5, 5.41) is 12.5. The van der Waals surface area contributed by atoms with Crippen LogP contribution in [-0.2, 0) is 7.05 Å². The molecule has 1 N–H and O–H groups in total. The summed E-state index contributed by atoms with van der Waals surface area (Å²) < 4.78 is 55.1. The number of nitrogens with one attached hydrogen (secondary N) is 1. The van der Waals surface area contributed by atoms with Gasteiger partial charge in [-0.15, -0.1) is 0 Å². The van der Waals surface area contributed by atoms with Crippen LogP contribution in [0.2, 0.25) is 0 Å². The molecule has 0 spiro atoms. The highest BCUT2D eigenvalue weighted by molar-refractivity contribution is 5.88. The van der Waals surface area contributed by atoms with Crippen LogP contribution in [0.3, 0.4) is 0 Å². The van der Waals surface area contributed by atoms with E-state index >= 15 is 0 Å². The molecule has 0 amide bonds. The zero-order chi connectivity index (χ0) is 25.4. The van der Waals surface area contributed by atoms with Gasteiger partial charge in [-0.3, -0.25) is 9.58 Å². The van der Waals surface area contributed by atoms with E-state index in [4.69, 9.17) is 10.2 Å². The van der Waals surface area contributed by atoms with Crippen LogP contribution in [0.15, 0.2) is 42.6 Å². The van der Waals surface area contributed by atoms with Crippen LogP contribution in [0.1, 0.15) is 6.42 Å². The van der Waals surface area contributed by atoms with Crippen molar-refractivity contribution in [3.63, 3.8) is 0 Å². The third-order valence-corrected chi connectivity index (χ3v) is 6.35. The lowest BCUT2D eigenvalue weighted by atomic mass is 10.0. The van der Waals surface area contributed by atoms with Crippen LogP contribution >= 0.6 is 0 Å². The number of rotatable bonds is 6. The Morgan fingerprint density at radius 3 is 2.36 bits per heavy atom. The molecule has 1 aromatic carbocycles. The highest BCUT2D eigenvalue weighted by Gasteiger charge is 2.31. The number of piperazine rings is 1. The van der Waals surface area contributed by atoms with E-state index in [2.05, 4.69) is 15.2 Å². The molecule has 8 nitrogen and oxygen atoms in total. The largest absolute Gasteiger partial charge is 0.390 e. The van der Waals surface area contributed by atoms with Gasteiger partial charge in [0, 0.05) is 52.4 Å². The summed E-state index contributed by atoms with van der Waals surface area (Å²) in [6.45, 7) is 2.09. The summed E-state index contributed by atoms with van der Waals surface area (Å²) >= 11 is 0. The summed E-state index contributed by atoms with van der Waals surface area (Å²) in [7, 11) is 3.61. The Bertz CT molecular complexity index is 1350. The normalized spacial score (nSPS) is 15.1. The maximum absolute atomic E-state index is 13.6. The van der Waals surface area contributed by atoms with Crippen molar-refractivity contribution in [2.24, 2.45) is 7.05 Å². The number of hydrogen-bond donors (Lipinski definition) is 1. The molecule has 0 saturated carbocycles. The highest BCUT2D eigenvalue weighted by Crippen LogP contribution is 2.39. The Balaban J connectivity index is 1.53. The van der Waals surface area contributed by atoms with Crippen molar-refractivity contribution in [3.05, 3.63) is 48.4 Å². The topological polar surface area (TPSA) is 66.5 Å². The number of nitrogens with zero attached hydrogens (tertiary/aromatic N) is 7. The first-order chi connectivity index (χ1) is 17.2. The number of hydrogen-bond acceptors (Lipinski definition) is 6. The van der Waals surface area contributed by atoms with Crippen LogP contribution in [0.25, 0.3) is 28.2 Å². The van der Waals surface area contributed by atoms with Gasteiger partial charge in [0.15, 0.2) is 5.65 Å². The molecule has 1 aliphatic heterocycles. The van der Waals surface area contributed by atoms with Crippen molar-refractivity contribution in [1.82, 2.24) is 29.3 Å². The average Bonchev–Trinajstić information content (AvgIpc) is 3.43. The molecule has 5 rings (SSSR count). The predicted molar refractivity (Wildman–Crippen MR) is 129 cm³/mol. The first-order valence-electron chi connectivity index (χ1n) is 11.6. The number of alkyl halides is 3. The number of imidazole rings is 1. The molecule has 36 heavy (non-hydrogen) atoms. The molecule has 1 aliphatic rings. The molecule has 0 atom stereocenters. The van der Waals surface area contributed by atoms with Gasteiger partial charge < -0.3 is 10.2 Å². The fraction of sp³-hybridized carbons (Fsp3) is 0.375. The first-order valence-corrected chi connectivity index (χ1v) is 11.6. The molecular formula is C24H26F4N8. The van der Waals surface area contributed by atoms with Gasteiger partial charge in [0.25, 0.3) is 0 Å². The Labute approximate surface area is 205 Å². The lowest BCUT2D eigenvalue weighted by Gasteiger charge is -2.36. The SMILES string of the molecule is CNc1cn2nc(-c3c(-c4ccc(F)cc4)nn(C)c3N3CCN(CCC(F)(F)F)CC3)ccc2n1. The fourth-order valence-electron chi connectivity index (χ4n) is 4.53. The molecule has 0 radical (unpaired) electrons. The minimum absolute atomic E-state index is 0.0108. The van der Waals surface area contributed by atoms with Gasteiger partial charge in [-0.05, 0) is 36.4 Å². The van der Waals surface area contributed by atoms with Crippen LogP contribution in [-0.4, -0.2) is 75.2 Å². The Hall–Kier alpha value is -3.67. The molecule has 0 bridgehead atoms. The molecule has 190 valence electrons. The Morgan fingerprint density at radius 1 is 0.972 bits per heavy atom. The van der Waals surface area contributed by atoms with Crippen LogP contribution in [0, 0.1) is 5.82 Å². The second-order valence-corrected chi connectivity index (χ2v) is 8.77. The highest BCUT2D eigenvalue weighted by atomic mass is 19.4. The zero-order valence-corrected chi connectivity index (χ0v) is 19.9. The standard InChI is InChI=1S/C24H26F4N8/c1-29-19-15-36-20(30-19)8-7-18(31-36)21-22(16-3-5-17(25)6-4-16)32-33(2)23(21)35-13-11-34(12-14-35)10-9-24(26,27)28/h3-8,15,29H,9-14H2,1-2H3. The van der Waals surface area contributed by atoms with E-state index in [0.717, 1.165) is 16.9 Å². The predicted octanol–water partition coefficient (Wildman–Crippen LogP) is 4.05. The second kappa shape index (κ2) is 9.41. The second-order valence-electron chi connectivity index (χ2n) is 8.77. The van der Waals surface area contributed by atoms with Gasteiger partial charge in [-0.2, -0.15) is 23.4 Å². The lowest BCUT2D eigenvalue weighted by Crippen LogP contribution is -2.47.